The number of halogens is 2. The maximum atomic E-state index is 5.74. The predicted octanol–water partition coefficient (Wildman–Crippen LogP) is 4.66. The van der Waals surface area contributed by atoms with Crippen molar-refractivity contribution in [2.24, 2.45) is 0 Å². The number of rotatable bonds is 7. The number of hydrogen-bond donors (Lipinski definition) is 0. The predicted molar refractivity (Wildman–Crippen MR) is 103 cm³/mol. The third kappa shape index (κ3) is 3.57. The highest BCUT2D eigenvalue weighted by Crippen LogP contribution is 2.44. The van der Waals surface area contributed by atoms with Gasteiger partial charge in [0.15, 0.2) is 5.79 Å². The van der Waals surface area contributed by atoms with E-state index in [9.17, 15) is 0 Å². The van der Waals surface area contributed by atoms with E-state index in [4.69, 9.17) is 18.9 Å². The van der Waals surface area contributed by atoms with Gasteiger partial charge in [-0.3, -0.25) is 0 Å². The van der Waals surface area contributed by atoms with E-state index < -0.39 is 5.79 Å². The highest BCUT2D eigenvalue weighted by atomic mass is 79.9. The van der Waals surface area contributed by atoms with Gasteiger partial charge < -0.3 is 18.9 Å². The van der Waals surface area contributed by atoms with Crippen LogP contribution in [-0.2, 0) is 19.5 Å². The summed E-state index contributed by atoms with van der Waals surface area (Å²) in [6.45, 7) is 0. The zero-order chi connectivity index (χ0) is 17.7. The van der Waals surface area contributed by atoms with Crippen molar-refractivity contribution in [1.82, 2.24) is 0 Å². The zero-order valence-electron chi connectivity index (χ0n) is 14.3. The van der Waals surface area contributed by atoms with Crippen LogP contribution in [0.15, 0.2) is 35.6 Å². The van der Waals surface area contributed by atoms with Gasteiger partial charge in [-0.2, -0.15) is 0 Å². The summed E-state index contributed by atoms with van der Waals surface area (Å²) in [4.78, 5) is 0. The van der Waals surface area contributed by atoms with Gasteiger partial charge in [0.2, 0.25) is 0 Å². The average Bonchev–Trinajstić information content (AvgIpc) is 2.65. The fourth-order valence-electron chi connectivity index (χ4n) is 2.95. The molecule has 0 atom stereocenters. The molecule has 0 heterocycles. The zero-order valence-corrected chi connectivity index (χ0v) is 17.5. The molecule has 1 aliphatic carbocycles. The maximum Gasteiger partial charge on any atom is 0.194 e. The van der Waals surface area contributed by atoms with Gasteiger partial charge >= 0.3 is 0 Å². The molecule has 0 radical (unpaired) electrons. The molecule has 0 saturated heterocycles. The topological polar surface area (TPSA) is 36.9 Å². The molecule has 0 aliphatic heterocycles. The van der Waals surface area contributed by atoms with Crippen molar-refractivity contribution in [3.63, 3.8) is 0 Å². The van der Waals surface area contributed by atoms with Crippen molar-refractivity contribution < 1.29 is 18.9 Å². The molecule has 0 spiro atoms. The largest absolute Gasteiger partial charge is 0.500 e. The maximum absolute atomic E-state index is 5.74. The van der Waals surface area contributed by atoms with Gasteiger partial charge in [0.25, 0.3) is 0 Å². The minimum atomic E-state index is -0.825. The van der Waals surface area contributed by atoms with Crippen LogP contribution in [0.1, 0.15) is 17.5 Å². The van der Waals surface area contributed by atoms with E-state index in [1.165, 1.54) is 0 Å². The van der Waals surface area contributed by atoms with Gasteiger partial charge in [0.05, 0.1) is 20.6 Å². The smallest absolute Gasteiger partial charge is 0.194 e. The normalized spacial score (nSPS) is 16.8. The van der Waals surface area contributed by atoms with Gasteiger partial charge in [-0.05, 0) is 23.3 Å². The first-order valence-corrected chi connectivity index (χ1v) is 9.71. The molecule has 2 rings (SSSR count). The molecular weight excluding hydrogens is 440 g/mol. The third-order valence-electron chi connectivity index (χ3n) is 4.21. The minimum absolute atomic E-state index is 0.488. The number of benzene rings is 1. The van der Waals surface area contributed by atoms with E-state index >= 15 is 0 Å². The first-order chi connectivity index (χ1) is 11.6. The van der Waals surface area contributed by atoms with Crippen molar-refractivity contribution in [2.75, 3.05) is 33.8 Å². The van der Waals surface area contributed by atoms with E-state index in [1.54, 1.807) is 28.4 Å². The Bertz CT molecular complexity index is 626. The van der Waals surface area contributed by atoms with Gasteiger partial charge in [-0.1, -0.05) is 44.0 Å². The quantitative estimate of drug-likeness (QED) is 0.437. The number of ether oxygens (including phenoxy) is 4. The molecule has 0 aromatic heterocycles. The Morgan fingerprint density at radius 3 is 2.21 bits per heavy atom. The van der Waals surface area contributed by atoms with E-state index in [-0.39, 0.29) is 0 Å². The standard InChI is InChI=1S/C18H22Br2O4/c1-21-14-7-5-6-12(10-19)16(14)17-13(11-20)8-18(23-3,24-4)9-15(17)22-2/h5-8H,9-11H2,1-4H3. The molecule has 1 aromatic carbocycles. The molecule has 0 amide bonds. The van der Waals surface area contributed by atoms with Crippen LogP contribution in [0.3, 0.4) is 0 Å². The first kappa shape index (κ1) is 19.5. The van der Waals surface area contributed by atoms with E-state index in [0.717, 1.165) is 39.1 Å². The van der Waals surface area contributed by atoms with Crippen LogP contribution in [0, 0.1) is 0 Å². The lowest BCUT2D eigenvalue weighted by molar-refractivity contribution is -0.174. The summed E-state index contributed by atoms with van der Waals surface area (Å²) in [7, 11) is 6.62. The minimum Gasteiger partial charge on any atom is -0.500 e. The molecule has 1 aliphatic rings. The third-order valence-corrected chi connectivity index (χ3v) is 5.42. The highest BCUT2D eigenvalue weighted by molar-refractivity contribution is 9.09. The van der Waals surface area contributed by atoms with Crippen LogP contribution < -0.4 is 4.74 Å². The molecule has 0 unspecified atom stereocenters. The lowest BCUT2D eigenvalue weighted by Crippen LogP contribution is -2.35. The highest BCUT2D eigenvalue weighted by Gasteiger charge is 2.37. The molecule has 0 N–H and O–H groups in total. The van der Waals surface area contributed by atoms with Crippen LogP contribution in [0.25, 0.3) is 5.57 Å². The average molecular weight is 462 g/mol. The Kier molecular flexibility index (Phi) is 6.92. The summed E-state index contributed by atoms with van der Waals surface area (Å²) >= 11 is 7.16. The molecule has 1 aromatic rings. The second kappa shape index (κ2) is 8.52. The van der Waals surface area contributed by atoms with Gasteiger partial charge in [0.1, 0.15) is 11.5 Å². The monoisotopic (exact) mass is 460 g/mol. The molecule has 4 nitrogen and oxygen atoms in total. The second-order valence-electron chi connectivity index (χ2n) is 5.33. The Morgan fingerprint density at radius 1 is 1.00 bits per heavy atom. The summed E-state index contributed by atoms with van der Waals surface area (Å²) in [5.74, 6) is 0.794. The Morgan fingerprint density at radius 2 is 1.71 bits per heavy atom. The molecular formula is C18H22Br2O4. The molecule has 0 saturated carbocycles. The van der Waals surface area contributed by atoms with Crippen LogP contribution in [-0.4, -0.2) is 39.6 Å². The Hall–Kier alpha value is -0.820. The lowest BCUT2D eigenvalue weighted by atomic mass is 9.86. The fourth-order valence-corrected chi connectivity index (χ4v) is 3.86. The molecule has 24 heavy (non-hydrogen) atoms. The van der Waals surface area contributed by atoms with Gasteiger partial charge in [-0.15, -0.1) is 0 Å². The van der Waals surface area contributed by atoms with Crippen molar-refractivity contribution >= 4 is 37.4 Å². The second-order valence-corrected chi connectivity index (χ2v) is 6.45. The number of hydrogen-bond acceptors (Lipinski definition) is 4. The Balaban J connectivity index is 2.72. The Labute approximate surface area is 160 Å². The van der Waals surface area contributed by atoms with E-state index in [2.05, 4.69) is 37.9 Å². The number of allylic oxidation sites excluding steroid dienone is 2. The van der Waals surface area contributed by atoms with E-state index in [0.29, 0.717) is 11.8 Å². The number of methoxy groups -OCH3 is 4. The molecule has 6 heteroatoms. The van der Waals surface area contributed by atoms with Crippen molar-refractivity contribution in [1.29, 1.82) is 0 Å². The fraction of sp³-hybridized carbons (Fsp3) is 0.444. The van der Waals surface area contributed by atoms with Crippen molar-refractivity contribution in [3.05, 3.63) is 46.7 Å². The van der Waals surface area contributed by atoms with Gasteiger partial charge in [-0.25, -0.2) is 0 Å². The summed E-state index contributed by atoms with van der Waals surface area (Å²) in [5.41, 5.74) is 4.22. The van der Waals surface area contributed by atoms with Crippen LogP contribution >= 0.6 is 31.9 Å². The van der Waals surface area contributed by atoms with Crippen LogP contribution in [0.2, 0.25) is 0 Å². The molecule has 132 valence electrons. The van der Waals surface area contributed by atoms with Gasteiger partial charge in [0, 0.05) is 36.0 Å². The summed E-state index contributed by atoms with van der Waals surface area (Å²) < 4.78 is 22.6. The van der Waals surface area contributed by atoms with Crippen LogP contribution in [0.4, 0.5) is 0 Å². The summed E-state index contributed by atoms with van der Waals surface area (Å²) in [5, 5.41) is 1.36. The van der Waals surface area contributed by atoms with Crippen LogP contribution in [0.5, 0.6) is 5.75 Å². The number of alkyl halides is 2. The molecule has 0 bridgehead atoms. The van der Waals surface area contributed by atoms with Crippen molar-refractivity contribution in [3.8, 4) is 5.75 Å². The summed E-state index contributed by atoms with van der Waals surface area (Å²) in [6, 6.07) is 6.02. The van der Waals surface area contributed by atoms with Crippen molar-refractivity contribution in [2.45, 2.75) is 17.5 Å². The lowest BCUT2D eigenvalue weighted by Gasteiger charge is -2.35. The first-order valence-electron chi connectivity index (χ1n) is 7.47. The van der Waals surface area contributed by atoms with E-state index in [1.807, 2.05) is 18.2 Å². The summed E-state index contributed by atoms with van der Waals surface area (Å²) in [6.07, 6.45) is 2.49. The molecule has 0 fully saturated rings. The SMILES string of the molecule is COC1=C(c2c(CBr)cccc2OC)C(CBr)=CC(OC)(OC)C1.